The number of aromatic nitrogens is 1. The van der Waals surface area contributed by atoms with E-state index in [1.807, 2.05) is 49.5 Å². The predicted octanol–water partition coefficient (Wildman–Crippen LogP) is 2.13. The summed E-state index contributed by atoms with van der Waals surface area (Å²) < 4.78 is 11.4. The number of nitrogens with zero attached hydrogens (tertiary/aromatic N) is 1. The lowest BCUT2D eigenvalue weighted by Gasteiger charge is -2.32. The van der Waals surface area contributed by atoms with Crippen LogP contribution in [-0.4, -0.2) is 17.8 Å². The number of methoxy groups -OCH3 is 1. The van der Waals surface area contributed by atoms with Crippen LogP contribution in [-0.2, 0) is 13.0 Å². The molecule has 5 N–H and O–H groups in total. The Kier molecular flexibility index (Phi) is 5.14. The van der Waals surface area contributed by atoms with Crippen LogP contribution in [0.4, 0.5) is 0 Å². The maximum atomic E-state index is 6.38. The average Bonchev–Trinajstić information content (AvgIpc) is 2.64. The van der Waals surface area contributed by atoms with Gasteiger partial charge < -0.3 is 26.3 Å². The van der Waals surface area contributed by atoms with E-state index >= 15 is 0 Å². The van der Waals surface area contributed by atoms with E-state index in [9.17, 15) is 0 Å². The third-order valence-electron chi connectivity index (χ3n) is 4.31. The molecular weight excluding hydrogens is 328 g/mol. The Hall–Kier alpha value is -2.99. The van der Waals surface area contributed by atoms with Gasteiger partial charge in [-0.1, -0.05) is 12.1 Å². The number of allylic oxidation sites excluding steroid dienone is 2. The van der Waals surface area contributed by atoms with Gasteiger partial charge in [-0.25, -0.2) is 0 Å². The van der Waals surface area contributed by atoms with Crippen molar-refractivity contribution in [2.75, 3.05) is 7.11 Å². The molecule has 1 aromatic carbocycles. The first-order chi connectivity index (χ1) is 12.5. The number of aryl methyl sites for hydroxylation is 1. The van der Waals surface area contributed by atoms with E-state index in [-0.39, 0.29) is 0 Å². The minimum Gasteiger partial charge on any atom is -0.493 e. The van der Waals surface area contributed by atoms with Gasteiger partial charge in [0, 0.05) is 29.6 Å². The molecule has 2 aromatic rings. The summed E-state index contributed by atoms with van der Waals surface area (Å²) in [5.74, 6) is 1.32. The third-order valence-corrected chi connectivity index (χ3v) is 4.31. The fourth-order valence-electron chi connectivity index (χ4n) is 2.74. The van der Waals surface area contributed by atoms with Gasteiger partial charge in [-0.15, -0.1) is 0 Å². The lowest BCUT2D eigenvalue weighted by Crippen LogP contribution is -2.57. The summed E-state index contributed by atoms with van der Waals surface area (Å²) in [6, 6.07) is 9.73. The van der Waals surface area contributed by atoms with Gasteiger partial charge in [0.15, 0.2) is 11.5 Å². The minimum absolute atomic E-state index is 0.422. The molecule has 6 heteroatoms. The van der Waals surface area contributed by atoms with Crippen LogP contribution in [0.5, 0.6) is 11.5 Å². The van der Waals surface area contributed by atoms with Gasteiger partial charge in [0.25, 0.3) is 0 Å². The number of benzene rings is 1. The molecule has 0 aliphatic carbocycles. The first-order valence-electron chi connectivity index (χ1n) is 8.41. The normalized spacial score (nSPS) is 18.8. The summed E-state index contributed by atoms with van der Waals surface area (Å²) in [4.78, 5) is 4.27. The topological polar surface area (TPSA) is 95.4 Å². The van der Waals surface area contributed by atoms with Crippen LogP contribution < -0.4 is 26.3 Å². The molecule has 1 aromatic heterocycles. The quantitative estimate of drug-likeness (QED) is 0.737. The predicted molar refractivity (Wildman–Crippen MR) is 101 cm³/mol. The fraction of sp³-hybridized carbons (Fsp3) is 0.250. The molecule has 2 heterocycles. The number of dihydropyridines is 1. The molecule has 1 aliphatic rings. The summed E-state index contributed by atoms with van der Waals surface area (Å²) >= 11 is 0. The van der Waals surface area contributed by atoms with Crippen molar-refractivity contribution < 1.29 is 9.47 Å². The van der Waals surface area contributed by atoms with Crippen molar-refractivity contribution in [2.24, 2.45) is 11.5 Å². The molecule has 3 rings (SSSR count). The highest BCUT2D eigenvalue weighted by Gasteiger charge is 2.28. The SMILES string of the molecule is COc1cc(CC2(N)NC=CC=C2N)ccc1OCc1ccc(C)nc1. The third kappa shape index (κ3) is 3.97. The van der Waals surface area contributed by atoms with Crippen LogP contribution in [0.1, 0.15) is 16.8 Å². The van der Waals surface area contributed by atoms with Gasteiger partial charge in [0.2, 0.25) is 0 Å². The monoisotopic (exact) mass is 352 g/mol. The van der Waals surface area contributed by atoms with E-state index < -0.39 is 5.66 Å². The molecule has 0 amide bonds. The Morgan fingerprint density at radius 1 is 1.15 bits per heavy atom. The highest BCUT2D eigenvalue weighted by Crippen LogP contribution is 2.30. The fourth-order valence-corrected chi connectivity index (χ4v) is 2.74. The Balaban J connectivity index is 1.72. The van der Waals surface area contributed by atoms with Crippen LogP contribution in [0.3, 0.4) is 0 Å². The molecule has 26 heavy (non-hydrogen) atoms. The van der Waals surface area contributed by atoms with E-state index in [2.05, 4.69) is 10.3 Å². The maximum absolute atomic E-state index is 6.38. The summed E-state index contributed by atoms with van der Waals surface area (Å²) in [5, 5.41) is 3.12. The Labute approximate surface area is 153 Å². The highest BCUT2D eigenvalue weighted by atomic mass is 16.5. The molecule has 0 fully saturated rings. The van der Waals surface area contributed by atoms with E-state index in [0.717, 1.165) is 16.8 Å². The van der Waals surface area contributed by atoms with Crippen molar-refractivity contribution >= 4 is 0 Å². The van der Waals surface area contributed by atoms with E-state index in [1.165, 1.54) is 0 Å². The molecule has 1 unspecified atom stereocenters. The molecule has 0 radical (unpaired) electrons. The van der Waals surface area contributed by atoms with E-state index in [0.29, 0.717) is 30.2 Å². The molecule has 136 valence electrons. The van der Waals surface area contributed by atoms with Crippen molar-refractivity contribution in [1.82, 2.24) is 10.3 Å². The maximum Gasteiger partial charge on any atom is 0.161 e. The second-order valence-electron chi connectivity index (χ2n) is 6.36. The summed E-state index contributed by atoms with van der Waals surface area (Å²) in [7, 11) is 1.62. The largest absolute Gasteiger partial charge is 0.493 e. The Morgan fingerprint density at radius 3 is 2.65 bits per heavy atom. The van der Waals surface area contributed by atoms with Gasteiger partial charge in [-0.05, 0) is 49.0 Å². The number of hydrogen-bond donors (Lipinski definition) is 3. The van der Waals surface area contributed by atoms with Crippen LogP contribution in [0, 0.1) is 6.92 Å². The van der Waals surface area contributed by atoms with Crippen molar-refractivity contribution in [3.8, 4) is 11.5 Å². The Morgan fingerprint density at radius 2 is 1.96 bits per heavy atom. The van der Waals surface area contributed by atoms with Crippen LogP contribution in [0.2, 0.25) is 0 Å². The van der Waals surface area contributed by atoms with Gasteiger partial charge >= 0.3 is 0 Å². The second-order valence-corrected chi connectivity index (χ2v) is 6.36. The smallest absolute Gasteiger partial charge is 0.161 e. The van der Waals surface area contributed by atoms with Crippen LogP contribution >= 0.6 is 0 Å². The molecule has 0 spiro atoms. The second kappa shape index (κ2) is 7.49. The molecular formula is C20H24N4O2. The zero-order valence-electron chi connectivity index (χ0n) is 15.0. The van der Waals surface area contributed by atoms with Crippen LogP contribution in [0.15, 0.2) is 60.6 Å². The van der Waals surface area contributed by atoms with Gasteiger partial charge in [0.05, 0.1) is 7.11 Å². The van der Waals surface area contributed by atoms with E-state index in [1.54, 1.807) is 19.4 Å². The van der Waals surface area contributed by atoms with Gasteiger partial charge in [-0.2, -0.15) is 0 Å². The van der Waals surface area contributed by atoms with Crippen molar-refractivity contribution in [3.63, 3.8) is 0 Å². The molecule has 0 saturated carbocycles. The molecule has 1 aliphatic heterocycles. The minimum atomic E-state index is -0.810. The first-order valence-corrected chi connectivity index (χ1v) is 8.41. The zero-order valence-corrected chi connectivity index (χ0v) is 15.0. The molecule has 1 atom stereocenters. The summed E-state index contributed by atoms with van der Waals surface area (Å²) in [6.45, 7) is 2.38. The van der Waals surface area contributed by atoms with Crippen LogP contribution in [0.25, 0.3) is 0 Å². The molecule has 0 saturated heterocycles. The van der Waals surface area contributed by atoms with Gasteiger partial charge in [0.1, 0.15) is 12.3 Å². The lowest BCUT2D eigenvalue weighted by atomic mass is 9.95. The summed E-state index contributed by atoms with van der Waals surface area (Å²) in [5.41, 5.74) is 15.2. The number of hydrogen-bond acceptors (Lipinski definition) is 6. The zero-order chi connectivity index (χ0) is 18.6. The van der Waals surface area contributed by atoms with Gasteiger partial charge in [-0.3, -0.25) is 4.98 Å². The Bertz CT molecular complexity index is 830. The number of nitrogens with two attached hydrogens (primary N) is 2. The summed E-state index contributed by atoms with van der Waals surface area (Å²) in [6.07, 6.45) is 7.77. The van der Waals surface area contributed by atoms with E-state index in [4.69, 9.17) is 20.9 Å². The molecule has 0 bridgehead atoms. The number of rotatable bonds is 6. The number of nitrogens with one attached hydrogen (secondary N) is 1. The number of ether oxygens (including phenoxy) is 2. The molecule has 6 nitrogen and oxygen atoms in total. The average molecular weight is 352 g/mol. The first kappa shape index (κ1) is 17.8. The van der Waals surface area contributed by atoms with Crippen molar-refractivity contribution in [2.45, 2.75) is 25.6 Å². The van der Waals surface area contributed by atoms with Crippen molar-refractivity contribution in [1.29, 1.82) is 0 Å². The standard InChI is InChI=1S/C20H24N4O2/c1-14-5-6-16(12-23-14)13-26-17-8-7-15(10-18(17)25-2)11-20(22)19(21)4-3-9-24-20/h3-10,12,24H,11,13,21-22H2,1-2H3. The van der Waals surface area contributed by atoms with Crippen molar-refractivity contribution in [3.05, 3.63) is 77.4 Å². The highest BCUT2D eigenvalue weighted by molar-refractivity contribution is 5.44. The lowest BCUT2D eigenvalue weighted by molar-refractivity contribution is 0.283. The number of pyridine rings is 1.